The minimum absolute atomic E-state index is 0.481. The number of anilines is 2. The molecule has 2 aliphatic rings. The molecule has 1 aromatic heterocycles. The van der Waals surface area contributed by atoms with Crippen LogP contribution in [0.4, 0.5) is 11.6 Å². The Balaban J connectivity index is 1.71. The van der Waals surface area contributed by atoms with Gasteiger partial charge in [-0.05, 0) is 25.8 Å². The molecule has 92 valence electrons. The topological polar surface area (TPSA) is 67.1 Å². The Hall–Kier alpha value is -1.36. The molecule has 5 nitrogen and oxygen atoms in total. The van der Waals surface area contributed by atoms with Crippen molar-refractivity contribution >= 4 is 11.6 Å². The van der Waals surface area contributed by atoms with Crippen LogP contribution in [0.3, 0.4) is 0 Å². The van der Waals surface area contributed by atoms with Crippen LogP contribution in [-0.4, -0.2) is 40.0 Å². The second-order valence-corrected chi connectivity index (χ2v) is 4.93. The molecular formula is C12H19N5. The zero-order valence-electron chi connectivity index (χ0n) is 9.97. The van der Waals surface area contributed by atoms with Crippen molar-refractivity contribution in [3.8, 4) is 0 Å². The largest absolute Gasteiger partial charge is 0.381 e. The fraction of sp³-hybridized carbons (Fsp3) is 0.667. The first kappa shape index (κ1) is 10.8. The second-order valence-electron chi connectivity index (χ2n) is 4.93. The van der Waals surface area contributed by atoms with E-state index in [1.807, 2.05) is 0 Å². The highest BCUT2D eigenvalue weighted by molar-refractivity contribution is 5.55. The van der Waals surface area contributed by atoms with Gasteiger partial charge in [-0.3, -0.25) is 4.90 Å². The third-order valence-electron chi connectivity index (χ3n) is 3.90. The van der Waals surface area contributed by atoms with Gasteiger partial charge < -0.3 is 11.1 Å². The minimum Gasteiger partial charge on any atom is -0.381 e. The number of rotatable bonds is 2. The Morgan fingerprint density at radius 2 is 2.06 bits per heavy atom. The molecule has 0 spiro atoms. The summed E-state index contributed by atoms with van der Waals surface area (Å²) < 4.78 is 0. The summed E-state index contributed by atoms with van der Waals surface area (Å²) in [5.74, 6) is 1.24. The predicted octanol–water partition coefficient (Wildman–Crippen LogP) is 1.10. The molecule has 0 radical (unpaired) electrons. The number of fused-ring (bicyclic) bond motifs is 1. The van der Waals surface area contributed by atoms with E-state index in [2.05, 4.69) is 20.2 Å². The van der Waals surface area contributed by atoms with Crippen LogP contribution < -0.4 is 11.1 Å². The average molecular weight is 233 g/mol. The maximum atomic E-state index is 5.82. The zero-order chi connectivity index (χ0) is 11.7. The quantitative estimate of drug-likeness (QED) is 0.800. The van der Waals surface area contributed by atoms with E-state index in [9.17, 15) is 0 Å². The predicted molar refractivity (Wildman–Crippen MR) is 67.7 cm³/mol. The van der Waals surface area contributed by atoms with Crippen molar-refractivity contribution in [3.05, 3.63) is 12.4 Å². The summed E-state index contributed by atoms with van der Waals surface area (Å²) in [6.45, 7) is 2.45. The Bertz CT molecular complexity index is 394. The van der Waals surface area contributed by atoms with E-state index in [1.165, 1.54) is 38.8 Å². The van der Waals surface area contributed by atoms with E-state index in [4.69, 9.17) is 5.73 Å². The van der Waals surface area contributed by atoms with Crippen molar-refractivity contribution in [1.29, 1.82) is 0 Å². The van der Waals surface area contributed by atoms with Gasteiger partial charge in [0, 0.05) is 31.0 Å². The smallest absolute Gasteiger partial charge is 0.169 e. The molecule has 3 N–H and O–H groups in total. The van der Waals surface area contributed by atoms with E-state index in [0.29, 0.717) is 17.9 Å². The van der Waals surface area contributed by atoms with Gasteiger partial charge in [0.15, 0.2) is 11.6 Å². The molecule has 17 heavy (non-hydrogen) atoms. The molecule has 0 amide bonds. The van der Waals surface area contributed by atoms with E-state index in [0.717, 1.165) is 5.82 Å². The second kappa shape index (κ2) is 4.49. The lowest BCUT2D eigenvalue weighted by Crippen LogP contribution is -2.41. The van der Waals surface area contributed by atoms with Crippen molar-refractivity contribution in [1.82, 2.24) is 14.9 Å². The number of nitrogens with zero attached hydrogens (tertiary/aromatic N) is 3. The first-order valence-electron chi connectivity index (χ1n) is 6.41. The molecule has 0 bridgehead atoms. The lowest BCUT2D eigenvalue weighted by Gasteiger charge is -2.32. The van der Waals surface area contributed by atoms with Crippen LogP contribution in [0.5, 0.6) is 0 Å². The molecule has 2 unspecified atom stereocenters. The lowest BCUT2D eigenvalue weighted by molar-refractivity contribution is 0.192. The molecular weight excluding hydrogens is 214 g/mol. The average Bonchev–Trinajstić information content (AvgIpc) is 2.76. The van der Waals surface area contributed by atoms with Gasteiger partial charge in [-0.15, -0.1) is 0 Å². The van der Waals surface area contributed by atoms with Crippen LogP contribution in [0.1, 0.15) is 25.7 Å². The monoisotopic (exact) mass is 233 g/mol. The maximum absolute atomic E-state index is 5.82. The van der Waals surface area contributed by atoms with Gasteiger partial charge in [0.1, 0.15) is 0 Å². The molecule has 2 fully saturated rings. The summed E-state index contributed by atoms with van der Waals surface area (Å²) in [5, 5.41) is 3.47. The van der Waals surface area contributed by atoms with Crippen LogP contribution in [0.2, 0.25) is 0 Å². The van der Waals surface area contributed by atoms with Crippen LogP contribution >= 0.6 is 0 Å². The summed E-state index contributed by atoms with van der Waals surface area (Å²) in [6, 6.07) is 1.14. The van der Waals surface area contributed by atoms with E-state index in [1.54, 1.807) is 12.4 Å². The Morgan fingerprint density at radius 3 is 2.94 bits per heavy atom. The standard InChI is InChI=1S/C12H19N5/c13-11-12(15-6-5-14-11)16-9-4-8-17-7-2-1-3-10(9)17/h5-6,9-10H,1-4,7-8H2,(H2,13,14)(H,15,16). The van der Waals surface area contributed by atoms with Crippen molar-refractivity contribution < 1.29 is 0 Å². The molecule has 3 heterocycles. The van der Waals surface area contributed by atoms with Gasteiger partial charge in [0.2, 0.25) is 0 Å². The van der Waals surface area contributed by atoms with Crippen molar-refractivity contribution in [2.75, 3.05) is 24.1 Å². The first-order valence-corrected chi connectivity index (χ1v) is 6.41. The van der Waals surface area contributed by atoms with Crippen LogP contribution in [0.25, 0.3) is 0 Å². The van der Waals surface area contributed by atoms with E-state index in [-0.39, 0.29) is 0 Å². The molecule has 0 saturated carbocycles. The number of nitrogen functional groups attached to an aromatic ring is 1. The molecule has 5 heteroatoms. The van der Waals surface area contributed by atoms with Crippen LogP contribution in [0.15, 0.2) is 12.4 Å². The third-order valence-corrected chi connectivity index (χ3v) is 3.90. The van der Waals surface area contributed by atoms with Crippen molar-refractivity contribution in [3.63, 3.8) is 0 Å². The summed E-state index contributed by atoms with van der Waals surface area (Å²) in [5.41, 5.74) is 5.82. The van der Waals surface area contributed by atoms with E-state index < -0.39 is 0 Å². The minimum atomic E-state index is 0.481. The summed E-state index contributed by atoms with van der Waals surface area (Å²) in [4.78, 5) is 10.9. The normalized spacial score (nSPS) is 28.9. The van der Waals surface area contributed by atoms with Crippen LogP contribution in [0, 0.1) is 0 Å². The zero-order valence-corrected chi connectivity index (χ0v) is 9.97. The third kappa shape index (κ3) is 2.07. The molecule has 0 aliphatic carbocycles. The van der Waals surface area contributed by atoms with E-state index >= 15 is 0 Å². The molecule has 2 aliphatic heterocycles. The number of aromatic nitrogens is 2. The van der Waals surface area contributed by atoms with Gasteiger partial charge >= 0.3 is 0 Å². The Labute approximate surface area is 101 Å². The lowest BCUT2D eigenvalue weighted by atomic mass is 9.99. The summed E-state index contributed by atoms with van der Waals surface area (Å²) in [6.07, 6.45) is 8.47. The molecule has 1 aromatic rings. The van der Waals surface area contributed by atoms with Gasteiger partial charge in [0.25, 0.3) is 0 Å². The molecule has 0 aromatic carbocycles. The molecule has 2 atom stereocenters. The fourth-order valence-corrected chi connectivity index (χ4v) is 3.05. The number of nitrogens with two attached hydrogens (primary N) is 1. The van der Waals surface area contributed by atoms with Gasteiger partial charge in [-0.2, -0.15) is 0 Å². The van der Waals surface area contributed by atoms with Crippen molar-refractivity contribution in [2.24, 2.45) is 0 Å². The maximum Gasteiger partial charge on any atom is 0.169 e. The van der Waals surface area contributed by atoms with Crippen LogP contribution in [-0.2, 0) is 0 Å². The Morgan fingerprint density at radius 1 is 1.18 bits per heavy atom. The highest BCUT2D eigenvalue weighted by Crippen LogP contribution is 2.29. The highest BCUT2D eigenvalue weighted by Gasteiger charge is 2.35. The highest BCUT2D eigenvalue weighted by atomic mass is 15.2. The number of piperidine rings is 1. The van der Waals surface area contributed by atoms with Gasteiger partial charge in [-0.25, -0.2) is 9.97 Å². The summed E-state index contributed by atoms with van der Waals surface area (Å²) in [7, 11) is 0. The Kier molecular flexibility index (Phi) is 2.84. The van der Waals surface area contributed by atoms with Crippen molar-refractivity contribution in [2.45, 2.75) is 37.8 Å². The number of hydrogen-bond donors (Lipinski definition) is 2. The van der Waals surface area contributed by atoms with Gasteiger partial charge in [-0.1, -0.05) is 6.42 Å². The molecule has 3 rings (SSSR count). The fourth-order valence-electron chi connectivity index (χ4n) is 3.05. The first-order chi connectivity index (χ1) is 8.34. The summed E-state index contributed by atoms with van der Waals surface area (Å²) >= 11 is 0. The number of hydrogen-bond acceptors (Lipinski definition) is 5. The number of nitrogens with one attached hydrogen (secondary N) is 1. The SMILES string of the molecule is Nc1nccnc1NC1CCN2CCCCC12. The van der Waals surface area contributed by atoms with Gasteiger partial charge in [0.05, 0.1) is 0 Å². The molecule has 2 saturated heterocycles.